The average molecular weight is 2160 g/mol. The van der Waals surface area contributed by atoms with Crippen molar-refractivity contribution in [3.8, 4) is 0 Å². The fourth-order valence-electron chi connectivity index (χ4n) is 12.6. The molecule has 2 aliphatic rings. The molecule has 119 heavy (non-hydrogen) atoms. The molecule has 2 aliphatic heterocycles. The van der Waals surface area contributed by atoms with E-state index in [4.69, 9.17) is 95.6 Å². The largest absolute Gasteiger partial charge is 0.636 e. The first kappa shape index (κ1) is 132. The van der Waals surface area contributed by atoms with Gasteiger partial charge in [-0.3, -0.25) is 0 Å². The van der Waals surface area contributed by atoms with Gasteiger partial charge in [0, 0.05) is 26.7 Å². The summed E-state index contributed by atoms with van der Waals surface area (Å²) in [6.45, 7) is 140. The summed E-state index contributed by atoms with van der Waals surface area (Å²) >= 11 is 0. The van der Waals surface area contributed by atoms with E-state index in [0.717, 1.165) is 18.5 Å². The van der Waals surface area contributed by atoms with Crippen molar-refractivity contribution < 1.29 is 95.6 Å². The molecule has 0 bridgehead atoms. The quantitative estimate of drug-likeness (QED) is 0.0660. The SMILES string of the molecule is CC(C)(C)O.C[Si](C)(C)C.C[Si](C)(C)O[Si](C)(O[Si](C)(C)C)O[Si](C)(C)C.C[Si](C)(C)O[Si](CCC[Si](O[Si](C)(C)C)(O[Si](C)(C)C)O[Si](C)(C)C)(O[Si](C)(C)C)O[Si](C)(C)C.C[Si](C)(C)O[Si](O[Si](C)(C)C)(O[Si](C)(C)C)O[Si](C)(C)C.C[Si]1(C)O[Si](C)(C)O[Si](C)(C)O[Si](C)(C)O1.C[Si]1(C)O[Si](C)(C)O[Si](C)(C)O[Si](C)(C)O[Si](C)(C)O1. The molecule has 50 heteroatoms. The van der Waals surface area contributed by atoms with Crippen molar-refractivity contribution in [1.82, 2.24) is 0 Å². The van der Waals surface area contributed by atoms with Gasteiger partial charge in [-0.2, -0.15) is 0 Å². The number of hydrogen-bond acceptors (Lipinski definition) is 23. The van der Waals surface area contributed by atoms with E-state index in [1.165, 1.54) is 0 Å². The summed E-state index contributed by atoms with van der Waals surface area (Å²) in [5.41, 5.74) is -0.500. The lowest BCUT2D eigenvalue weighted by molar-refractivity contribution is 0.101. The van der Waals surface area contributed by atoms with Crippen molar-refractivity contribution in [2.75, 3.05) is 0 Å². The zero-order chi connectivity index (χ0) is 97.7. The maximum Gasteiger partial charge on any atom is 0.636 e. The summed E-state index contributed by atoms with van der Waals surface area (Å²) in [4.78, 5) is 0. The molecule has 1 N–H and O–H groups in total. The fraction of sp³-hybridized carbons (Fsp3) is 1.00. The molecule has 0 aromatic heterocycles. The van der Waals surface area contributed by atoms with Crippen molar-refractivity contribution in [2.24, 2.45) is 0 Å². The van der Waals surface area contributed by atoms with E-state index < -0.39 is 234 Å². The van der Waals surface area contributed by atoms with E-state index in [1.807, 2.05) is 0 Å². The average Bonchev–Trinajstić information content (AvgIpc) is 0.805. The summed E-state index contributed by atoms with van der Waals surface area (Å²) in [6.07, 6.45) is 0.872. The Bertz CT molecular complexity index is 2470. The van der Waals surface area contributed by atoms with Crippen LogP contribution in [0.3, 0.4) is 0 Å². The molecule has 2 heterocycles. The second kappa shape index (κ2) is 46.7. The topological polar surface area (TPSA) is 223 Å². The fourth-order valence-corrected chi connectivity index (χ4v) is 120. The molecule has 0 aromatic carbocycles. The zero-order valence-electron chi connectivity index (χ0n) is 90.5. The third kappa shape index (κ3) is 85.6. The summed E-state index contributed by atoms with van der Waals surface area (Å²) in [5.74, 6) is 0. The molecule has 0 spiro atoms. The predicted molar refractivity (Wildman–Crippen MR) is 579 cm³/mol. The lowest BCUT2D eigenvalue weighted by atomic mass is 10.2. The van der Waals surface area contributed by atoms with E-state index in [9.17, 15) is 0 Å². The highest BCUT2D eigenvalue weighted by Crippen LogP contribution is 2.38. The van der Waals surface area contributed by atoms with Crippen LogP contribution in [0.2, 0.25) is 418 Å². The number of hydrogen-bond donors (Lipinski definition) is 1. The highest BCUT2D eigenvalue weighted by molar-refractivity contribution is 6.97. The first-order valence-electron chi connectivity index (χ1n) is 43.4. The van der Waals surface area contributed by atoms with Crippen LogP contribution in [0.1, 0.15) is 27.2 Å². The van der Waals surface area contributed by atoms with Crippen LogP contribution in [0.25, 0.3) is 0 Å². The first-order chi connectivity index (χ1) is 50.3. The highest BCUT2D eigenvalue weighted by atomic mass is 28.6. The predicted octanol–water partition coefficient (Wildman–Crippen LogP) is 26.5. The van der Waals surface area contributed by atoms with Crippen molar-refractivity contribution >= 4 is 229 Å². The van der Waals surface area contributed by atoms with Crippen molar-refractivity contribution in [2.45, 2.75) is 451 Å². The van der Waals surface area contributed by atoms with Crippen LogP contribution < -0.4 is 0 Å². The van der Waals surface area contributed by atoms with Gasteiger partial charge in [0.25, 0.3) is 0 Å². The first-order valence-corrected chi connectivity index (χ1v) is 125. The van der Waals surface area contributed by atoms with Gasteiger partial charge in [-0.15, -0.1) is 0 Å². The van der Waals surface area contributed by atoms with Crippen molar-refractivity contribution in [3.63, 3.8) is 0 Å². The monoisotopic (exact) mass is 2150 g/mol. The van der Waals surface area contributed by atoms with Gasteiger partial charge >= 0.3 is 113 Å². The Morgan fingerprint density at radius 2 is 0.286 bits per heavy atom. The van der Waals surface area contributed by atoms with E-state index in [2.05, 4.69) is 406 Å². The summed E-state index contributed by atoms with van der Waals surface area (Å²) < 4.78 is 142. The van der Waals surface area contributed by atoms with Gasteiger partial charge in [0.15, 0.2) is 108 Å². The van der Waals surface area contributed by atoms with Gasteiger partial charge in [0.05, 0.1) is 5.60 Å². The van der Waals surface area contributed by atoms with Crippen molar-refractivity contribution in [1.29, 1.82) is 0 Å². The Morgan fingerprint density at radius 3 is 0.370 bits per heavy atom. The molecule has 2 rings (SSSR count). The van der Waals surface area contributed by atoms with Gasteiger partial charge in [-0.05, 0) is 400 Å². The maximum atomic E-state index is 8.52. The number of rotatable bonds is 30. The Kier molecular flexibility index (Phi) is 51.9. The molecule has 0 radical (unpaired) electrons. The Labute approximate surface area is 768 Å². The summed E-state index contributed by atoms with van der Waals surface area (Å²) in [5, 5.41) is 8.52. The third-order valence-corrected chi connectivity index (χ3v) is 96.4. The number of aliphatic hydroxyl groups is 1. The van der Waals surface area contributed by atoms with Gasteiger partial charge < -0.3 is 95.6 Å². The van der Waals surface area contributed by atoms with E-state index in [0.29, 0.717) is 0 Å². The van der Waals surface area contributed by atoms with E-state index >= 15 is 0 Å². The summed E-state index contributed by atoms with van der Waals surface area (Å²) in [6, 6.07) is 1.58. The van der Waals surface area contributed by atoms with Crippen LogP contribution >= 0.6 is 0 Å². The minimum Gasteiger partial charge on any atom is -0.417 e. The molecule has 2 saturated heterocycles. The lowest BCUT2D eigenvalue weighted by Crippen LogP contribution is -2.65. The van der Waals surface area contributed by atoms with Gasteiger partial charge in [-0.25, -0.2) is 0 Å². The minimum absolute atomic E-state index is 0.500. The molecule has 0 aromatic rings. The van der Waals surface area contributed by atoms with Crippen molar-refractivity contribution in [3.05, 3.63) is 0 Å². The van der Waals surface area contributed by atoms with Crippen LogP contribution in [0.15, 0.2) is 0 Å². The molecule has 23 nitrogen and oxygen atoms in total. The Balaban J connectivity index is -0.000000453. The Hall–Kier alpha value is 4.94. The molecule has 0 aliphatic carbocycles. The molecule has 0 atom stereocenters. The molecule has 724 valence electrons. The smallest absolute Gasteiger partial charge is 0.417 e. The Morgan fingerprint density at radius 1 is 0.193 bits per heavy atom. The van der Waals surface area contributed by atoms with E-state index in [1.54, 1.807) is 20.8 Å². The summed E-state index contributed by atoms with van der Waals surface area (Å²) in [7, 11) is -55.4. The standard InChI is InChI=1S/C21H60O6Si8.C12H36O4Si5.C10H30O5Si5.C10H30O3Si4.C8H24O4Si4.C4H10O.C4H12Si/c1-28(2,3)22-34(23-29(4,5)6,24-30(7,8)9)20-19-21-35(25-31(10,11)12,26-32(13,14)15)27-33(16,17)18;1-17(2,3)13-21(14-18(4,5)6,15-19(7,8)9)16-20(10,11)12;1-16(2)11-17(3,4)13-19(7,8)15-20(9,10)14-18(5,6)12-16;1-14(2,3)11-17(10,12-15(4,5)6)13-16(7,8)9;1-13(2)9-14(3,4)11-16(7,8)12-15(5,6)10-13;1-4(2,3)5;1-5(2,3)4/h19-21H2,1-18H3;1-12H3;1-10H3;1-10H3;1-8H3;5H,1-3H3;1-4H3. The molecule has 0 unspecified atom stereocenters. The molecular formula is C69H202O23Si27. The maximum absolute atomic E-state index is 8.52. The van der Waals surface area contributed by atoms with Gasteiger partial charge in [-0.1, -0.05) is 26.2 Å². The van der Waals surface area contributed by atoms with E-state index in [-0.39, 0.29) is 0 Å². The molecule has 0 amide bonds. The second-order valence-electron chi connectivity index (χ2n) is 51.1. The van der Waals surface area contributed by atoms with Crippen LogP contribution in [0.4, 0.5) is 0 Å². The van der Waals surface area contributed by atoms with Crippen LogP contribution in [0.5, 0.6) is 0 Å². The normalized spacial score (nSPS) is 20.0. The van der Waals surface area contributed by atoms with Gasteiger partial charge in [0.1, 0.15) is 0 Å². The third-order valence-electron chi connectivity index (χ3n) is 11.4. The second-order valence-corrected chi connectivity index (χ2v) is 162. The van der Waals surface area contributed by atoms with Crippen LogP contribution in [-0.2, 0) is 90.5 Å². The minimum atomic E-state index is -3.09. The zero-order valence-corrected chi connectivity index (χ0v) is 118. The molecular weight excluding hydrogens is 1960 g/mol. The van der Waals surface area contributed by atoms with Crippen LogP contribution in [0, 0.1) is 0 Å². The van der Waals surface area contributed by atoms with Gasteiger partial charge in [0.2, 0.25) is 0 Å². The molecule has 2 fully saturated rings. The highest BCUT2D eigenvalue weighted by Gasteiger charge is 2.59. The lowest BCUT2D eigenvalue weighted by Gasteiger charge is -2.46. The van der Waals surface area contributed by atoms with Crippen LogP contribution in [-0.4, -0.2) is 239 Å². The molecule has 0 saturated carbocycles.